The number of amides is 2. The lowest BCUT2D eigenvalue weighted by molar-refractivity contribution is -0.122. The minimum Gasteiger partial charge on any atom is -0.497 e. The van der Waals surface area contributed by atoms with Gasteiger partial charge in [-0.3, -0.25) is 19.8 Å². The van der Waals surface area contributed by atoms with Crippen molar-refractivity contribution in [1.29, 1.82) is 0 Å². The Labute approximate surface area is 181 Å². The van der Waals surface area contributed by atoms with Crippen molar-refractivity contribution in [3.63, 3.8) is 0 Å². The van der Waals surface area contributed by atoms with Gasteiger partial charge in [0.1, 0.15) is 11.3 Å². The molecule has 2 aliphatic heterocycles. The first-order valence-corrected chi connectivity index (χ1v) is 10.4. The van der Waals surface area contributed by atoms with Gasteiger partial charge < -0.3 is 9.64 Å². The molecule has 2 amide bonds. The van der Waals surface area contributed by atoms with E-state index in [9.17, 15) is 9.59 Å². The highest BCUT2D eigenvalue weighted by molar-refractivity contribution is 7.80. The van der Waals surface area contributed by atoms with Crippen molar-refractivity contribution in [1.82, 2.24) is 5.32 Å². The van der Waals surface area contributed by atoms with E-state index >= 15 is 0 Å². The lowest BCUT2D eigenvalue weighted by Crippen LogP contribution is -2.54. The number of piperidine rings is 1. The smallest absolute Gasteiger partial charge is 0.270 e. The Morgan fingerprint density at radius 3 is 2.20 bits per heavy atom. The van der Waals surface area contributed by atoms with Gasteiger partial charge in [0.05, 0.1) is 12.8 Å². The Hall–Kier alpha value is -3.19. The Morgan fingerprint density at radius 2 is 1.57 bits per heavy atom. The molecule has 2 heterocycles. The van der Waals surface area contributed by atoms with Crippen LogP contribution in [0.2, 0.25) is 0 Å². The molecule has 2 fully saturated rings. The van der Waals surface area contributed by atoms with Crippen LogP contribution in [0.5, 0.6) is 5.75 Å². The molecule has 2 aliphatic rings. The van der Waals surface area contributed by atoms with Crippen molar-refractivity contribution in [3.05, 3.63) is 59.7 Å². The van der Waals surface area contributed by atoms with Crippen LogP contribution in [-0.2, 0) is 9.59 Å². The third-order valence-electron chi connectivity index (χ3n) is 5.36. The molecule has 0 atom stereocenters. The quantitative estimate of drug-likeness (QED) is 0.465. The summed E-state index contributed by atoms with van der Waals surface area (Å²) in [7, 11) is 1.57. The van der Waals surface area contributed by atoms with Crippen molar-refractivity contribution in [2.24, 2.45) is 0 Å². The summed E-state index contributed by atoms with van der Waals surface area (Å²) < 4.78 is 5.16. The average molecular weight is 422 g/mol. The van der Waals surface area contributed by atoms with E-state index in [1.54, 1.807) is 37.5 Å². The maximum atomic E-state index is 13.1. The van der Waals surface area contributed by atoms with E-state index in [2.05, 4.69) is 10.2 Å². The fourth-order valence-electron chi connectivity index (χ4n) is 3.72. The molecule has 2 aromatic carbocycles. The molecule has 0 aliphatic carbocycles. The molecular formula is C23H23N3O3S. The highest BCUT2D eigenvalue weighted by atomic mass is 32.1. The van der Waals surface area contributed by atoms with Crippen molar-refractivity contribution in [2.75, 3.05) is 30.0 Å². The van der Waals surface area contributed by atoms with Gasteiger partial charge in [0.25, 0.3) is 11.8 Å². The first-order chi connectivity index (χ1) is 14.6. The highest BCUT2D eigenvalue weighted by Crippen LogP contribution is 2.25. The van der Waals surface area contributed by atoms with Gasteiger partial charge in [0.15, 0.2) is 5.11 Å². The van der Waals surface area contributed by atoms with E-state index in [4.69, 9.17) is 17.0 Å². The number of nitrogens with one attached hydrogen (secondary N) is 1. The third-order valence-corrected chi connectivity index (χ3v) is 5.64. The second-order valence-electron chi connectivity index (χ2n) is 7.30. The number of ether oxygens (including phenoxy) is 1. The fraction of sp³-hybridized carbons (Fsp3) is 0.261. The summed E-state index contributed by atoms with van der Waals surface area (Å²) in [6, 6.07) is 14.9. The number of anilines is 2. The van der Waals surface area contributed by atoms with Gasteiger partial charge in [-0.15, -0.1) is 0 Å². The maximum Gasteiger partial charge on any atom is 0.270 e. The first-order valence-electron chi connectivity index (χ1n) is 9.97. The summed E-state index contributed by atoms with van der Waals surface area (Å²) in [5.74, 6) is -0.272. The molecular weight excluding hydrogens is 398 g/mol. The Morgan fingerprint density at radius 1 is 0.933 bits per heavy atom. The summed E-state index contributed by atoms with van der Waals surface area (Å²) in [6.07, 6.45) is 5.31. The van der Waals surface area contributed by atoms with Crippen LogP contribution in [0.15, 0.2) is 54.1 Å². The molecule has 0 spiro atoms. The van der Waals surface area contributed by atoms with Crippen molar-refractivity contribution in [2.45, 2.75) is 19.3 Å². The average Bonchev–Trinajstić information content (AvgIpc) is 2.78. The molecule has 4 rings (SSSR count). The van der Waals surface area contributed by atoms with Gasteiger partial charge in [0, 0.05) is 18.8 Å². The van der Waals surface area contributed by atoms with E-state index in [1.807, 2.05) is 24.3 Å². The second kappa shape index (κ2) is 8.67. The Bertz CT molecular complexity index is 993. The molecule has 30 heavy (non-hydrogen) atoms. The minimum atomic E-state index is -0.491. The van der Waals surface area contributed by atoms with Crippen molar-refractivity contribution >= 4 is 46.6 Å². The normalized spacial score (nSPS) is 18.6. The Balaban J connectivity index is 1.58. The van der Waals surface area contributed by atoms with Crippen LogP contribution >= 0.6 is 12.2 Å². The van der Waals surface area contributed by atoms with E-state index < -0.39 is 11.8 Å². The van der Waals surface area contributed by atoms with Crippen LogP contribution in [0.25, 0.3) is 6.08 Å². The van der Waals surface area contributed by atoms with Crippen molar-refractivity contribution in [3.8, 4) is 5.75 Å². The number of nitrogens with zero attached hydrogens (tertiary/aromatic N) is 2. The highest BCUT2D eigenvalue weighted by Gasteiger charge is 2.34. The van der Waals surface area contributed by atoms with Gasteiger partial charge in [-0.2, -0.15) is 0 Å². The van der Waals surface area contributed by atoms with Gasteiger partial charge in [0.2, 0.25) is 0 Å². The number of hydrogen-bond acceptors (Lipinski definition) is 5. The number of hydrogen-bond donors (Lipinski definition) is 1. The lowest BCUT2D eigenvalue weighted by atomic mass is 10.1. The number of rotatable bonds is 4. The standard InChI is InChI=1S/C23H23N3O3S/c1-29-19-11-9-18(10-12-19)26-22(28)20(21(27)24-23(26)30)15-16-5-7-17(8-6-16)25-13-3-2-4-14-25/h5-12,15H,2-4,13-14H2,1H3,(H,24,27,30). The Kier molecular flexibility index (Phi) is 5.81. The van der Waals surface area contributed by atoms with Gasteiger partial charge in [-0.05, 0) is 79.5 Å². The summed E-state index contributed by atoms with van der Waals surface area (Å²) in [4.78, 5) is 29.2. The molecule has 0 unspecified atom stereocenters. The van der Waals surface area contributed by atoms with Crippen molar-refractivity contribution < 1.29 is 14.3 Å². The lowest BCUT2D eigenvalue weighted by Gasteiger charge is -2.29. The van der Waals surface area contributed by atoms with Crippen LogP contribution in [0.4, 0.5) is 11.4 Å². The number of methoxy groups -OCH3 is 1. The zero-order valence-corrected chi connectivity index (χ0v) is 17.6. The molecule has 7 heteroatoms. The minimum absolute atomic E-state index is 0.0464. The number of carbonyl (C=O) groups excluding carboxylic acids is 2. The molecule has 0 saturated carbocycles. The summed E-state index contributed by atoms with van der Waals surface area (Å²) >= 11 is 5.24. The van der Waals surface area contributed by atoms with Gasteiger partial charge in [-0.25, -0.2) is 0 Å². The predicted molar refractivity (Wildman–Crippen MR) is 122 cm³/mol. The SMILES string of the molecule is COc1ccc(N2C(=O)C(=Cc3ccc(N4CCCCC4)cc3)C(=O)NC2=S)cc1. The van der Waals surface area contributed by atoms with E-state index in [0.717, 1.165) is 24.3 Å². The van der Waals surface area contributed by atoms with E-state index in [1.165, 1.54) is 24.2 Å². The van der Waals surface area contributed by atoms with Crippen LogP contribution in [0, 0.1) is 0 Å². The van der Waals surface area contributed by atoms with Crippen LogP contribution in [0.3, 0.4) is 0 Å². The molecule has 0 bridgehead atoms. The number of carbonyl (C=O) groups is 2. The van der Waals surface area contributed by atoms with Crippen LogP contribution in [-0.4, -0.2) is 37.1 Å². The van der Waals surface area contributed by atoms with Gasteiger partial charge >= 0.3 is 0 Å². The molecule has 1 N–H and O–H groups in total. The second-order valence-corrected chi connectivity index (χ2v) is 7.68. The summed E-state index contributed by atoms with van der Waals surface area (Å²) in [6.45, 7) is 2.13. The fourth-order valence-corrected chi connectivity index (χ4v) is 4.00. The zero-order valence-electron chi connectivity index (χ0n) is 16.8. The maximum absolute atomic E-state index is 13.1. The number of thiocarbonyl (C=S) groups is 1. The molecule has 2 aromatic rings. The van der Waals surface area contributed by atoms with Crippen LogP contribution < -0.4 is 19.9 Å². The zero-order chi connectivity index (χ0) is 21.1. The predicted octanol–water partition coefficient (Wildman–Crippen LogP) is 3.52. The third kappa shape index (κ3) is 4.07. The molecule has 0 aromatic heterocycles. The van der Waals surface area contributed by atoms with E-state index in [0.29, 0.717) is 11.4 Å². The summed E-state index contributed by atoms with van der Waals surface area (Å²) in [5.41, 5.74) is 2.57. The molecule has 6 nitrogen and oxygen atoms in total. The number of benzene rings is 2. The molecule has 154 valence electrons. The molecule has 2 saturated heterocycles. The largest absolute Gasteiger partial charge is 0.497 e. The topological polar surface area (TPSA) is 61.9 Å². The first kappa shape index (κ1) is 20.1. The van der Waals surface area contributed by atoms with Gasteiger partial charge in [-0.1, -0.05) is 12.1 Å². The summed E-state index contributed by atoms with van der Waals surface area (Å²) in [5, 5.41) is 2.67. The molecule has 0 radical (unpaired) electrons. The van der Waals surface area contributed by atoms with Crippen LogP contribution in [0.1, 0.15) is 24.8 Å². The van der Waals surface area contributed by atoms with E-state index in [-0.39, 0.29) is 10.7 Å². The monoisotopic (exact) mass is 421 g/mol.